The Kier molecular flexibility index (Phi) is 6.85. The number of hydrogen-bond donors (Lipinski definition) is 3. The summed E-state index contributed by atoms with van der Waals surface area (Å²) in [6, 6.07) is 7.41. The number of carbonyl (C=O) groups excluding carboxylic acids is 1. The zero-order valence-electron chi connectivity index (χ0n) is 14.6. The van der Waals surface area contributed by atoms with Gasteiger partial charge in [0.15, 0.2) is 5.11 Å². The van der Waals surface area contributed by atoms with Crippen LogP contribution in [0.3, 0.4) is 0 Å². The topological polar surface area (TPSA) is 62.4 Å². The molecular formula is C18H27N3O2S. The highest BCUT2D eigenvalue weighted by atomic mass is 32.1. The second kappa shape index (κ2) is 8.87. The summed E-state index contributed by atoms with van der Waals surface area (Å²) in [6.07, 6.45) is 4.96. The smallest absolute Gasteiger partial charge is 0.269 e. The largest absolute Gasteiger partial charge is 0.491 e. The number of carbonyl (C=O) groups is 1. The third-order valence-electron chi connectivity index (χ3n) is 4.21. The van der Waals surface area contributed by atoms with Crippen LogP contribution in [0.1, 0.15) is 56.8 Å². The molecule has 0 aliphatic heterocycles. The first-order chi connectivity index (χ1) is 11.5. The van der Waals surface area contributed by atoms with E-state index in [0.29, 0.717) is 22.6 Å². The highest BCUT2D eigenvalue weighted by molar-refractivity contribution is 7.80. The van der Waals surface area contributed by atoms with Crippen LogP contribution in [-0.2, 0) is 0 Å². The molecule has 1 fully saturated rings. The van der Waals surface area contributed by atoms with E-state index in [0.717, 1.165) is 12.2 Å². The van der Waals surface area contributed by atoms with E-state index in [4.69, 9.17) is 17.0 Å². The Hall–Kier alpha value is -1.82. The van der Waals surface area contributed by atoms with Crippen LogP contribution in [0.25, 0.3) is 0 Å². The van der Waals surface area contributed by atoms with Crippen LogP contribution >= 0.6 is 12.2 Å². The van der Waals surface area contributed by atoms with Crippen LogP contribution in [0.5, 0.6) is 5.75 Å². The molecule has 1 aliphatic carbocycles. The van der Waals surface area contributed by atoms with Gasteiger partial charge < -0.3 is 10.1 Å². The van der Waals surface area contributed by atoms with Gasteiger partial charge in [-0.15, -0.1) is 0 Å². The standard InChI is InChI=1S/C18H27N3O2S/c1-12(2)23-15-10-8-14(9-11-15)17(22)20-21-18(24)19-16-7-5-4-6-13(16)3/h8-13,16H,4-7H2,1-3H3,(H,20,22)(H2,19,21,24)/t13-,16+/m1/s1. The van der Waals surface area contributed by atoms with Crippen molar-refractivity contribution in [1.29, 1.82) is 0 Å². The molecule has 2 rings (SSSR count). The molecule has 5 nitrogen and oxygen atoms in total. The third-order valence-corrected chi connectivity index (χ3v) is 4.43. The Morgan fingerprint density at radius 3 is 2.46 bits per heavy atom. The molecule has 0 spiro atoms. The molecule has 24 heavy (non-hydrogen) atoms. The van der Waals surface area contributed by atoms with Gasteiger partial charge >= 0.3 is 0 Å². The predicted octanol–water partition coefficient (Wildman–Crippen LogP) is 3.16. The van der Waals surface area contributed by atoms with Crippen molar-refractivity contribution < 1.29 is 9.53 Å². The minimum atomic E-state index is -0.230. The monoisotopic (exact) mass is 349 g/mol. The summed E-state index contributed by atoms with van der Waals surface area (Å²) in [5, 5.41) is 3.75. The van der Waals surface area contributed by atoms with Crippen LogP contribution in [0.2, 0.25) is 0 Å². The number of nitrogens with one attached hydrogen (secondary N) is 3. The van der Waals surface area contributed by atoms with Gasteiger partial charge in [0.1, 0.15) is 5.75 Å². The molecule has 0 aromatic heterocycles. The Labute approximate surface area is 149 Å². The van der Waals surface area contributed by atoms with Crippen molar-refractivity contribution >= 4 is 23.2 Å². The molecule has 1 aromatic rings. The molecule has 1 aliphatic rings. The van der Waals surface area contributed by atoms with E-state index >= 15 is 0 Å². The predicted molar refractivity (Wildman–Crippen MR) is 100.0 cm³/mol. The molecule has 0 unspecified atom stereocenters. The van der Waals surface area contributed by atoms with Crippen molar-refractivity contribution in [1.82, 2.24) is 16.2 Å². The van der Waals surface area contributed by atoms with Crippen molar-refractivity contribution in [3.05, 3.63) is 29.8 Å². The zero-order valence-corrected chi connectivity index (χ0v) is 15.4. The lowest BCUT2D eigenvalue weighted by atomic mass is 9.86. The fraction of sp³-hybridized carbons (Fsp3) is 0.556. The maximum absolute atomic E-state index is 12.1. The molecule has 0 bridgehead atoms. The van der Waals surface area contributed by atoms with Gasteiger partial charge in [-0.3, -0.25) is 15.6 Å². The van der Waals surface area contributed by atoms with Gasteiger partial charge in [0.25, 0.3) is 5.91 Å². The number of benzene rings is 1. The number of hydrogen-bond acceptors (Lipinski definition) is 3. The van der Waals surface area contributed by atoms with Gasteiger partial charge in [-0.05, 0) is 69.1 Å². The summed E-state index contributed by atoms with van der Waals surface area (Å²) in [4.78, 5) is 12.1. The van der Waals surface area contributed by atoms with Crippen molar-refractivity contribution in [3.63, 3.8) is 0 Å². The highest BCUT2D eigenvalue weighted by Gasteiger charge is 2.21. The van der Waals surface area contributed by atoms with Gasteiger partial charge in [0.05, 0.1) is 6.10 Å². The van der Waals surface area contributed by atoms with Gasteiger partial charge in [0.2, 0.25) is 0 Å². The average Bonchev–Trinajstić information content (AvgIpc) is 2.55. The lowest BCUT2D eigenvalue weighted by Gasteiger charge is -2.30. The number of rotatable bonds is 4. The molecule has 1 saturated carbocycles. The number of ether oxygens (including phenoxy) is 1. The van der Waals surface area contributed by atoms with E-state index in [1.807, 2.05) is 13.8 Å². The van der Waals surface area contributed by atoms with Crippen molar-refractivity contribution in [2.75, 3.05) is 0 Å². The lowest BCUT2D eigenvalue weighted by molar-refractivity contribution is 0.0943. The minimum absolute atomic E-state index is 0.108. The van der Waals surface area contributed by atoms with Gasteiger partial charge in [-0.2, -0.15) is 0 Å². The summed E-state index contributed by atoms with van der Waals surface area (Å²) in [5.74, 6) is 1.12. The fourth-order valence-electron chi connectivity index (χ4n) is 2.88. The van der Waals surface area contributed by atoms with Crippen LogP contribution in [-0.4, -0.2) is 23.2 Å². The van der Waals surface area contributed by atoms with Crippen LogP contribution in [0.4, 0.5) is 0 Å². The normalized spacial score (nSPS) is 20.3. The van der Waals surface area contributed by atoms with E-state index in [9.17, 15) is 4.79 Å². The Bertz CT molecular complexity index is 560. The molecule has 2 atom stereocenters. The zero-order chi connectivity index (χ0) is 17.5. The molecule has 0 radical (unpaired) electrons. The summed E-state index contributed by atoms with van der Waals surface area (Å²) >= 11 is 5.27. The third kappa shape index (κ3) is 5.67. The van der Waals surface area contributed by atoms with E-state index in [1.54, 1.807) is 24.3 Å². The number of amides is 1. The maximum Gasteiger partial charge on any atom is 0.269 e. The van der Waals surface area contributed by atoms with Gasteiger partial charge in [-0.25, -0.2) is 0 Å². The van der Waals surface area contributed by atoms with E-state index in [1.165, 1.54) is 19.3 Å². The molecule has 132 valence electrons. The van der Waals surface area contributed by atoms with Crippen molar-refractivity contribution in [3.8, 4) is 5.75 Å². The van der Waals surface area contributed by atoms with E-state index in [-0.39, 0.29) is 12.0 Å². The number of thiocarbonyl (C=S) groups is 1. The molecular weight excluding hydrogens is 322 g/mol. The lowest BCUT2D eigenvalue weighted by Crippen LogP contribution is -2.51. The van der Waals surface area contributed by atoms with E-state index in [2.05, 4.69) is 23.1 Å². The van der Waals surface area contributed by atoms with Gasteiger partial charge in [0, 0.05) is 11.6 Å². The first kappa shape index (κ1) is 18.5. The fourth-order valence-corrected chi connectivity index (χ4v) is 3.08. The molecule has 0 saturated heterocycles. The minimum Gasteiger partial charge on any atom is -0.491 e. The molecule has 0 heterocycles. The average molecular weight is 350 g/mol. The second-order valence-corrected chi connectivity index (χ2v) is 7.02. The molecule has 3 N–H and O–H groups in total. The SMILES string of the molecule is CC(C)Oc1ccc(C(=O)NNC(=S)N[C@H]2CCCC[C@H]2C)cc1. The molecule has 1 amide bonds. The number of hydrazine groups is 1. The van der Waals surface area contributed by atoms with Crippen molar-refractivity contribution in [2.45, 2.75) is 58.6 Å². The van der Waals surface area contributed by atoms with Gasteiger partial charge in [-0.1, -0.05) is 19.8 Å². The highest BCUT2D eigenvalue weighted by Crippen LogP contribution is 2.23. The summed E-state index contributed by atoms with van der Waals surface area (Å²) in [5.41, 5.74) is 5.96. The summed E-state index contributed by atoms with van der Waals surface area (Å²) < 4.78 is 5.56. The molecule has 6 heteroatoms. The molecule has 1 aromatic carbocycles. The Morgan fingerprint density at radius 2 is 1.83 bits per heavy atom. The van der Waals surface area contributed by atoms with Crippen LogP contribution < -0.4 is 20.9 Å². The van der Waals surface area contributed by atoms with Crippen LogP contribution in [0, 0.1) is 5.92 Å². The van der Waals surface area contributed by atoms with E-state index < -0.39 is 0 Å². The summed E-state index contributed by atoms with van der Waals surface area (Å²) in [7, 11) is 0. The first-order valence-electron chi connectivity index (χ1n) is 8.59. The second-order valence-electron chi connectivity index (χ2n) is 6.61. The van der Waals surface area contributed by atoms with Crippen molar-refractivity contribution in [2.24, 2.45) is 5.92 Å². The Morgan fingerprint density at radius 1 is 1.17 bits per heavy atom. The maximum atomic E-state index is 12.1. The summed E-state index contributed by atoms with van der Waals surface area (Å²) in [6.45, 7) is 6.16. The van der Waals surface area contributed by atoms with Crippen LogP contribution in [0.15, 0.2) is 24.3 Å². The first-order valence-corrected chi connectivity index (χ1v) is 9.00. The quantitative estimate of drug-likeness (QED) is 0.576. The Balaban J connectivity index is 1.78.